The van der Waals surface area contributed by atoms with Crippen LogP contribution in [0.15, 0.2) is 24.3 Å². The second kappa shape index (κ2) is 7.06. The van der Waals surface area contributed by atoms with Gasteiger partial charge in [0.1, 0.15) is 6.54 Å². The number of fused-ring (bicyclic) bond motifs is 1. The number of amides is 2. The van der Waals surface area contributed by atoms with Gasteiger partial charge < -0.3 is 10.2 Å². The molecule has 1 aromatic rings. The number of alkyl halides is 3. The van der Waals surface area contributed by atoms with Gasteiger partial charge in [-0.1, -0.05) is 24.3 Å². The Bertz CT molecular complexity index is 660. The van der Waals surface area contributed by atoms with Crippen LogP contribution in [-0.2, 0) is 16.0 Å². The Morgan fingerprint density at radius 1 is 1.28 bits per heavy atom. The number of hydrogen-bond donors (Lipinski definition) is 1. The first kappa shape index (κ1) is 17.8. The van der Waals surface area contributed by atoms with Crippen molar-refractivity contribution >= 4 is 11.8 Å². The lowest BCUT2D eigenvalue weighted by molar-refractivity contribution is -0.157. The van der Waals surface area contributed by atoms with Gasteiger partial charge in [-0.3, -0.25) is 9.59 Å². The highest BCUT2D eigenvalue weighted by molar-refractivity contribution is 5.89. The van der Waals surface area contributed by atoms with E-state index in [-0.39, 0.29) is 24.8 Å². The highest BCUT2D eigenvalue weighted by Crippen LogP contribution is 2.31. The average Bonchev–Trinajstić information content (AvgIpc) is 2.91. The van der Waals surface area contributed by atoms with Crippen LogP contribution in [-0.4, -0.2) is 42.5 Å². The van der Waals surface area contributed by atoms with E-state index in [4.69, 9.17) is 0 Å². The summed E-state index contributed by atoms with van der Waals surface area (Å²) in [6.07, 6.45) is -1.53. The fraction of sp³-hybridized carbons (Fsp3) is 0.556. The first-order valence-electron chi connectivity index (χ1n) is 8.53. The number of nitrogens with one attached hydrogen (secondary N) is 1. The average molecular weight is 354 g/mol. The Morgan fingerprint density at radius 2 is 2.04 bits per heavy atom. The van der Waals surface area contributed by atoms with Crippen LogP contribution in [0.25, 0.3) is 0 Å². The summed E-state index contributed by atoms with van der Waals surface area (Å²) < 4.78 is 37.3. The molecule has 0 saturated carbocycles. The molecule has 0 aromatic heterocycles. The molecule has 7 heteroatoms. The predicted octanol–water partition coefficient (Wildman–Crippen LogP) is 2.63. The summed E-state index contributed by atoms with van der Waals surface area (Å²) in [5.74, 6) is -1.42. The number of benzene rings is 1. The minimum absolute atomic E-state index is 0.150. The molecule has 0 spiro atoms. The Labute approximate surface area is 144 Å². The van der Waals surface area contributed by atoms with Crippen LogP contribution in [0.4, 0.5) is 13.2 Å². The van der Waals surface area contributed by atoms with Crippen LogP contribution in [0.1, 0.15) is 36.3 Å². The Morgan fingerprint density at radius 3 is 2.80 bits per heavy atom. The number of halogens is 3. The van der Waals surface area contributed by atoms with Gasteiger partial charge >= 0.3 is 6.18 Å². The molecule has 4 nitrogen and oxygen atoms in total. The lowest BCUT2D eigenvalue weighted by Crippen LogP contribution is -2.38. The summed E-state index contributed by atoms with van der Waals surface area (Å²) in [5.41, 5.74) is 2.52. The van der Waals surface area contributed by atoms with Crippen molar-refractivity contribution < 1.29 is 22.8 Å². The molecule has 136 valence electrons. The minimum Gasteiger partial charge on any atom is -0.355 e. The molecule has 1 saturated heterocycles. The minimum atomic E-state index is -4.44. The Hall–Kier alpha value is -2.05. The van der Waals surface area contributed by atoms with Gasteiger partial charge in [0.05, 0.1) is 5.92 Å². The van der Waals surface area contributed by atoms with E-state index in [2.05, 4.69) is 17.4 Å². The van der Waals surface area contributed by atoms with Crippen molar-refractivity contribution in [3.05, 3.63) is 35.4 Å². The molecule has 2 amide bonds. The van der Waals surface area contributed by atoms with E-state index < -0.39 is 24.5 Å². The number of carbonyl (C=O) groups is 2. The van der Waals surface area contributed by atoms with Crippen LogP contribution in [0, 0.1) is 5.92 Å². The molecule has 0 radical (unpaired) electrons. The number of likely N-dealkylation sites (tertiary alicyclic amines) is 1. The zero-order chi connectivity index (χ0) is 18.0. The van der Waals surface area contributed by atoms with Gasteiger partial charge in [-0.15, -0.1) is 0 Å². The third-order valence-electron chi connectivity index (χ3n) is 4.97. The zero-order valence-electron chi connectivity index (χ0n) is 13.8. The maximum Gasteiger partial charge on any atom is 0.406 e. The van der Waals surface area contributed by atoms with Gasteiger partial charge in [0.15, 0.2) is 0 Å². The first-order valence-corrected chi connectivity index (χ1v) is 8.53. The van der Waals surface area contributed by atoms with Crippen molar-refractivity contribution in [1.82, 2.24) is 10.2 Å². The number of carbonyl (C=O) groups excluding carboxylic acids is 2. The number of rotatable bonds is 4. The van der Waals surface area contributed by atoms with Crippen molar-refractivity contribution in [2.75, 3.05) is 19.6 Å². The SMILES string of the molecule is O=C(NC[C@H]1CCCc2ccccc21)[C@H]1CC(=O)N(CC(F)(F)F)C1. The summed E-state index contributed by atoms with van der Waals surface area (Å²) >= 11 is 0. The van der Waals surface area contributed by atoms with Crippen LogP contribution >= 0.6 is 0 Å². The molecule has 1 heterocycles. The zero-order valence-corrected chi connectivity index (χ0v) is 13.8. The summed E-state index contributed by atoms with van der Waals surface area (Å²) in [4.78, 5) is 24.7. The molecule has 0 unspecified atom stereocenters. The maximum atomic E-state index is 12.4. The van der Waals surface area contributed by atoms with Crippen molar-refractivity contribution in [2.24, 2.45) is 5.92 Å². The Kier molecular flexibility index (Phi) is 5.01. The van der Waals surface area contributed by atoms with Crippen molar-refractivity contribution in [3.63, 3.8) is 0 Å². The monoisotopic (exact) mass is 354 g/mol. The first-order chi connectivity index (χ1) is 11.8. The van der Waals surface area contributed by atoms with Crippen LogP contribution in [0.5, 0.6) is 0 Å². The molecule has 1 N–H and O–H groups in total. The van der Waals surface area contributed by atoms with Gasteiger partial charge in [0.2, 0.25) is 11.8 Å². The van der Waals surface area contributed by atoms with E-state index in [1.54, 1.807) is 0 Å². The lowest BCUT2D eigenvalue weighted by atomic mass is 9.83. The topological polar surface area (TPSA) is 49.4 Å². The van der Waals surface area contributed by atoms with Gasteiger partial charge in [0, 0.05) is 25.4 Å². The van der Waals surface area contributed by atoms with Crippen molar-refractivity contribution in [1.29, 1.82) is 0 Å². The second-order valence-electron chi connectivity index (χ2n) is 6.82. The smallest absolute Gasteiger partial charge is 0.355 e. The summed E-state index contributed by atoms with van der Waals surface area (Å²) in [6, 6.07) is 8.13. The van der Waals surface area contributed by atoms with E-state index in [1.165, 1.54) is 11.1 Å². The fourth-order valence-corrected chi connectivity index (χ4v) is 3.75. The van der Waals surface area contributed by atoms with E-state index >= 15 is 0 Å². The standard InChI is InChI=1S/C18H21F3N2O2/c19-18(20,21)11-23-10-14(8-16(23)24)17(25)22-9-13-6-3-5-12-4-1-2-7-15(12)13/h1-2,4,7,13-14H,3,5-6,8-11H2,(H,22,25)/t13-,14+/m1/s1. The molecular formula is C18H21F3N2O2. The molecule has 1 aromatic carbocycles. The maximum absolute atomic E-state index is 12.4. The van der Waals surface area contributed by atoms with Gasteiger partial charge in [-0.05, 0) is 30.4 Å². The molecule has 2 aliphatic rings. The fourth-order valence-electron chi connectivity index (χ4n) is 3.75. The quantitative estimate of drug-likeness (QED) is 0.904. The highest BCUT2D eigenvalue weighted by Gasteiger charge is 2.40. The summed E-state index contributed by atoms with van der Waals surface area (Å²) in [6.45, 7) is -0.989. The van der Waals surface area contributed by atoms with Crippen molar-refractivity contribution in [3.8, 4) is 0 Å². The number of aryl methyl sites for hydroxylation is 1. The third-order valence-corrected chi connectivity index (χ3v) is 4.97. The second-order valence-corrected chi connectivity index (χ2v) is 6.82. The molecule has 25 heavy (non-hydrogen) atoms. The molecule has 1 fully saturated rings. The van der Waals surface area contributed by atoms with E-state index in [1.807, 2.05) is 12.1 Å². The van der Waals surface area contributed by atoms with Gasteiger partial charge in [-0.2, -0.15) is 13.2 Å². The molecule has 1 aliphatic heterocycles. The van der Waals surface area contributed by atoms with Crippen LogP contribution in [0.2, 0.25) is 0 Å². The molecule has 2 atom stereocenters. The van der Waals surface area contributed by atoms with E-state index in [0.717, 1.165) is 24.2 Å². The van der Waals surface area contributed by atoms with Crippen molar-refractivity contribution in [2.45, 2.75) is 37.8 Å². The summed E-state index contributed by atoms with van der Waals surface area (Å²) in [7, 11) is 0. The lowest BCUT2D eigenvalue weighted by Gasteiger charge is -2.26. The number of hydrogen-bond acceptors (Lipinski definition) is 2. The van der Waals surface area contributed by atoms with Crippen LogP contribution in [0.3, 0.4) is 0 Å². The largest absolute Gasteiger partial charge is 0.406 e. The van der Waals surface area contributed by atoms with E-state index in [0.29, 0.717) is 6.54 Å². The normalized spacial score (nSPS) is 23.5. The molecule has 0 bridgehead atoms. The van der Waals surface area contributed by atoms with Crippen LogP contribution < -0.4 is 5.32 Å². The van der Waals surface area contributed by atoms with Gasteiger partial charge in [-0.25, -0.2) is 0 Å². The number of nitrogens with zero attached hydrogens (tertiary/aromatic N) is 1. The van der Waals surface area contributed by atoms with Gasteiger partial charge in [0.25, 0.3) is 0 Å². The summed E-state index contributed by atoms with van der Waals surface area (Å²) in [5, 5.41) is 2.84. The molecular weight excluding hydrogens is 333 g/mol. The molecule has 1 aliphatic carbocycles. The molecule has 3 rings (SSSR count). The predicted molar refractivity (Wildman–Crippen MR) is 85.9 cm³/mol. The Balaban J connectivity index is 1.55. The third kappa shape index (κ3) is 4.32. The highest BCUT2D eigenvalue weighted by atomic mass is 19.4. The van der Waals surface area contributed by atoms with E-state index in [9.17, 15) is 22.8 Å².